The Kier molecular flexibility index (Phi) is 3.02. The van der Waals surface area contributed by atoms with Crippen LogP contribution in [0.1, 0.15) is 32.6 Å². The molecule has 0 spiro atoms. The molecule has 2 rings (SSSR count). The van der Waals surface area contributed by atoms with Crippen molar-refractivity contribution in [3.8, 4) is 0 Å². The van der Waals surface area contributed by atoms with Crippen molar-refractivity contribution in [3.05, 3.63) is 24.4 Å². The van der Waals surface area contributed by atoms with Gasteiger partial charge in [-0.2, -0.15) is 0 Å². The van der Waals surface area contributed by atoms with Gasteiger partial charge in [-0.05, 0) is 37.3 Å². The molecule has 2 nitrogen and oxygen atoms in total. The van der Waals surface area contributed by atoms with E-state index in [1.807, 2.05) is 24.4 Å². The molecule has 0 saturated heterocycles. The van der Waals surface area contributed by atoms with Crippen molar-refractivity contribution < 1.29 is 0 Å². The number of aromatic nitrogens is 1. The van der Waals surface area contributed by atoms with Crippen LogP contribution in [0, 0.1) is 5.92 Å². The molecule has 0 radical (unpaired) electrons. The number of hydrogen-bond acceptors (Lipinski definition) is 2. The van der Waals surface area contributed by atoms with E-state index in [2.05, 4.69) is 17.2 Å². The minimum atomic E-state index is 0.624. The summed E-state index contributed by atoms with van der Waals surface area (Å²) in [6.07, 6.45) is 7.22. The first kappa shape index (κ1) is 9.50. The first-order valence-electron chi connectivity index (χ1n) is 5.57. The fourth-order valence-electron chi connectivity index (χ4n) is 2.03. The van der Waals surface area contributed by atoms with Crippen LogP contribution in [0.2, 0.25) is 0 Å². The van der Waals surface area contributed by atoms with Crippen LogP contribution in [0.25, 0.3) is 0 Å². The third kappa shape index (κ3) is 2.06. The van der Waals surface area contributed by atoms with Gasteiger partial charge in [0.1, 0.15) is 5.82 Å². The van der Waals surface area contributed by atoms with Gasteiger partial charge in [0.2, 0.25) is 0 Å². The van der Waals surface area contributed by atoms with Gasteiger partial charge >= 0.3 is 0 Å². The molecule has 1 unspecified atom stereocenters. The zero-order valence-corrected chi connectivity index (χ0v) is 8.74. The Morgan fingerprint density at radius 3 is 2.86 bits per heavy atom. The van der Waals surface area contributed by atoms with E-state index in [4.69, 9.17) is 0 Å². The number of anilines is 1. The van der Waals surface area contributed by atoms with Gasteiger partial charge in [-0.3, -0.25) is 0 Å². The van der Waals surface area contributed by atoms with Crippen molar-refractivity contribution in [1.82, 2.24) is 4.98 Å². The minimum Gasteiger partial charge on any atom is -0.367 e. The monoisotopic (exact) mass is 190 g/mol. The van der Waals surface area contributed by atoms with E-state index in [1.165, 1.54) is 25.7 Å². The Bertz CT molecular complexity index is 267. The van der Waals surface area contributed by atoms with E-state index in [1.54, 1.807) is 0 Å². The van der Waals surface area contributed by atoms with E-state index < -0.39 is 0 Å². The average Bonchev–Trinajstić information content (AvgIpc) is 2.15. The van der Waals surface area contributed by atoms with E-state index in [-0.39, 0.29) is 0 Å². The lowest BCUT2D eigenvalue weighted by Gasteiger charge is -2.34. The fraction of sp³-hybridized carbons (Fsp3) is 0.583. The van der Waals surface area contributed by atoms with E-state index in [9.17, 15) is 0 Å². The predicted molar refractivity (Wildman–Crippen MR) is 59.3 cm³/mol. The molecule has 1 heterocycles. The maximum Gasteiger partial charge on any atom is 0.126 e. The van der Waals surface area contributed by atoms with E-state index >= 15 is 0 Å². The van der Waals surface area contributed by atoms with Crippen molar-refractivity contribution in [1.29, 1.82) is 0 Å². The van der Waals surface area contributed by atoms with Gasteiger partial charge in [-0.25, -0.2) is 4.98 Å². The molecule has 1 fully saturated rings. The van der Waals surface area contributed by atoms with E-state index in [0.29, 0.717) is 6.04 Å². The molecule has 1 saturated carbocycles. The quantitative estimate of drug-likeness (QED) is 0.789. The van der Waals surface area contributed by atoms with Crippen LogP contribution in [0.4, 0.5) is 5.82 Å². The van der Waals surface area contributed by atoms with Gasteiger partial charge in [0.15, 0.2) is 0 Å². The summed E-state index contributed by atoms with van der Waals surface area (Å²) in [7, 11) is 0. The van der Waals surface area contributed by atoms with Crippen molar-refractivity contribution in [2.24, 2.45) is 5.92 Å². The van der Waals surface area contributed by atoms with Crippen LogP contribution in [-0.2, 0) is 0 Å². The highest BCUT2D eigenvalue weighted by Gasteiger charge is 2.25. The van der Waals surface area contributed by atoms with Crippen LogP contribution in [0.5, 0.6) is 0 Å². The highest BCUT2D eigenvalue weighted by Crippen LogP contribution is 2.32. The fourth-order valence-corrected chi connectivity index (χ4v) is 2.03. The Morgan fingerprint density at radius 2 is 2.36 bits per heavy atom. The molecule has 0 aliphatic heterocycles. The lowest BCUT2D eigenvalue weighted by Crippen LogP contribution is -2.33. The molecule has 1 N–H and O–H groups in total. The number of nitrogens with zero attached hydrogens (tertiary/aromatic N) is 1. The third-order valence-corrected chi connectivity index (χ3v) is 3.16. The molecule has 1 atom stereocenters. The Labute approximate surface area is 85.7 Å². The molecule has 1 aliphatic carbocycles. The standard InChI is InChI=1S/C12H18N2/c1-2-11(10-6-5-7-10)14-12-8-3-4-9-13-12/h3-4,8-11H,2,5-7H2,1H3,(H,13,14). The predicted octanol–water partition coefficient (Wildman–Crippen LogP) is 3.07. The molecule has 0 amide bonds. The normalized spacial score (nSPS) is 18.6. The van der Waals surface area contributed by atoms with Gasteiger partial charge in [0.25, 0.3) is 0 Å². The second-order valence-electron chi connectivity index (χ2n) is 4.07. The second-order valence-corrected chi connectivity index (χ2v) is 4.07. The SMILES string of the molecule is CCC(Nc1ccccn1)C1CCC1. The summed E-state index contributed by atoms with van der Waals surface area (Å²) < 4.78 is 0. The summed E-state index contributed by atoms with van der Waals surface area (Å²) >= 11 is 0. The second kappa shape index (κ2) is 4.45. The largest absolute Gasteiger partial charge is 0.367 e. The average molecular weight is 190 g/mol. The van der Waals surface area contributed by atoms with E-state index in [0.717, 1.165) is 11.7 Å². The van der Waals surface area contributed by atoms with Gasteiger partial charge in [0, 0.05) is 12.2 Å². The zero-order chi connectivity index (χ0) is 9.80. The molecule has 1 aromatic rings. The highest BCUT2D eigenvalue weighted by atomic mass is 15.0. The maximum atomic E-state index is 4.30. The first-order valence-corrected chi connectivity index (χ1v) is 5.57. The van der Waals surface area contributed by atoms with Crippen molar-refractivity contribution in [2.45, 2.75) is 38.6 Å². The number of nitrogens with one attached hydrogen (secondary N) is 1. The Hall–Kier alpha value is -1.05. The first-order chi connectivity index (χ1) is 6.90. The van der Waals surface area contributed by atoms with Crippen molar-refractivity contribution in [3.63, 3.8) is 0 Å². The van der Waals surface area contributed by atoms with Gasteiger partial charge in [0.05, 0.1) is 0 Å². The number of pyridine rings is 1. The van der Waals surface area contributed by atoms with Crippen molar-refractivity contribution in [2.75, 3.05) is 5.32 Å². The summed E-state index contributed by atoms with van der Waals surface area (Å²) in [4.78, 5) is 4.30. The lowest BCUT2D eigenvalue weighted by molar-refractivity contribution is 0.270. The summed E-state index contributed by atoms with van der Waals surface area (Å²) in [6, 6.07) is 6.65. The molecular formula is C12H18N2. The molecular weight excluding hydrogens is 172 g/mol. The van der Waals surface area contributed by atoms with Crippen LogP contribution in [0.15, 0.2) is 24.4 Å². The molecule has 1 aromatic heterocycles. The van der Waals surface area contributed by atoms with Gasteiger partial charge in [-0.15, -0.1) is 0 Å². The Morgan fingerprint density at radius 1 is 1.50 bits per heavy atom. The molecule has 0 bridgehead atoms. The topological polar surface area (TPSA) is 24.9 Å². The highest BCUT2D eigenvalue weighted by molar-refractivity contribution is 5.34. The summed E-state index contributed by atoms with van der Waals surface area (Å²) in [5.74, 6) is 1.90. The van der Waals surface area contributed by atoms with Crippen molar-refractivity contribution >= 4 is 5.82 Å². The minimum absolute atomic E-state index is 0.624. The lowest BCUT2D eigenvalue weighted by atomic mass is 9.79. The van der Waals surface area contributed by atoms with Crippen LogP contribution in [0.3, 0.4) is 0 Å². The third-order valence-electron chi connectivity index (χ3n) is 3.16. The summed E-state index contributed by atoms with van der Waals surface area (Å²) in [6.45, 7) is 2.25. The van der Waals surface area contributed by atoms with Gasteiger partial charge in [-0.1, -0.05) is 19.4 Å². The molecule has 76 valence electrons. The summed E-state index contributed by atoms with van der Waals surface area (Å²) in [5, 5.41) is 3.52. The van der Waals surface area contributed by atoms with Gasteiger partial charge < -0.3 is 5.32 Å². The van der Waals surface area contributed by atoms with Crippen LogP contribution >= 0.6 is 0 Å². The van der Waals surface area contributed by atoms with Crippen LogP contribution in [-0.4, -0.2) is 11.0 Å². The molecule has 2 heteroatoms. The molecule has 0 aromatic carbocycles. The summed E-state index contributed by atoms with van der Waals surface area (Å²) in [5.41, 5.74) is 0. The van der Waals surface area contributed by atoms with Crippen LogP contribution < -0.4 is 5.32 Å². The number of hydrogen-bond donors (Lipinski definition) is 1. The zero-order valence-electron chi connectivity index (χ0n) is 8.74. The maximum absolute atomic E-state index is 4.30. The number of rotatable bonds is 4. The molecule has 1 aliphatic rings. The Balaban J connectivity index is 1.94. The molecule has 14 heavy (non-hydrogen) atoms. The smallest absolute Gasteiger partial charge is 0.126 e.